The second-order valence-corrected chi connectivity index (χ2v) is 5.77. The fourth-order valence-electron chi connectivity index (χ4n) is 2.55. The van der Waals surface area contributed by atoms with Crippen LogP contribution in [0.5, 0.6) is 5.75 Å². The highest BCUT2D eigenvalue weighted by molar-refractivity contribution is 6.37. The normalized spacial score (nSPS) is 23.8. The highest BCUT2D eigenvalue weighted by Crippen LogP contribution is 2.32. The molecule has 3 nitrogen and oxygen atoms in total. The summed E-state index contributed by atoms with van der Waals surface area (Å²) in [6, 6.07) is 5.56. The topological polar surface area (TPSA) is 32.7 Å². The number of hydrogen-bond acceptors (Lipinski definition) is 3. The molecule has 1 aromatic carbocycles. The lowest BCUT2D eigenvalue weighted by atomic mass is 10.0. The number of ether oxygens (including phenoxy) is 1. The number of aliphatic hydroxyl groups excluding tert-OH is 1. The van der Waals surface area contributed by atoms with E-state index in [1.165, 1.54) is 0 Å². The number of benzene rings is 1. The largest absolute Gasteiger partial charge is 0.489 e. The van der Waals surface area contributed by atoms with Gasteiger partial charge in [0.05, 0.1) is 16.7 Å². The van der Waals surface area contributed by atoms with Gasteiger partial charge in [-0.2, -0.15) is 0 Å². The second-order valence-electron chi connectivity index (χ2n) is 4.95. The zero-order valence-electron chi connectivity index (χ0n) is 11.0. The van der Waals surface area contributed by atoms with Crippen LogP contribution >= 0.6 is 23.2 Å². The third kappa shape index (κ3) is 3.54. The average molecular weight is 304 g/mol. The van der Waals surface area contributed by atoms with Crippen molar-refractivity contribution < 1.29 is 9.84 Å². The minimum atomic E-state index is 0.202. The van der Waals surface area contributed by atoms with E-state index in [4.69, 9.17) is 27.9 Å². The molecule has 0 bridgehead atoms. The zero-order chi connectivity index (χ0) is 13.8. The summed E-state index contributed by atoms with van der Waals surface area (Å²) in [5, 5.41) is 10.4. The molecule has 1 fully saturated rings. The first-order valence-electron chi connectivity index (χ1n) is 6.55. The number of nitrogens with zero attached hydrogens (tertiary/aromatic N) is 1. The SMILES string of the molecule is CC1CCN(CCOc2c(Cl)cccc2Cl)C1CO. The summed E-state index contributed by atoms with van der Waals surface area (Å²) >= 11 is 12.1. The maximum Gasteiger partial charge on any atom is 0.156 e. The van der Waals surface area contributed by atoms with Crippen molar-refractivity contribution in [1.82, 2.24) is 4.90 Å². The minimum Gasteiger partial charge on any atom is -0.489 e. The van der Waals surface area contributed by atoms with Crippen molar-refractivity contribution >= 4 is 23.2 Å². The molecule has 5 heteroatoms. The summed E-state index contributed by atoms with van der Waals surface area (Å²) in [6.45, 7) is 4.68. The summed E-state index contributed by atoms with van der Waals surface area (Å²) in [4.78, 5) is 2.26. The minimum absolute atomic E-state index is 0.202. The average Bonchev–Trinajstić information content (AvgIpc) is 2.73. The van der Waals surface area contributed by atoms with Crippen LogP contribution in [0.2, 0.25) is 10.0 Å². The predicted octanol–water partition coefficient (Wildman–Crippen LogP) is 3.07. The lowest BCUT2D eigenvalue weighted by molar-refractivity contribution is 0.123. The van der Waals surface area contributed by atoms with Gasteiger partial charge in [0, 0.05) is 12.6 Å². The van der Waals surface area contributed by atoms with Gasteiger partial charge in [-0.25, -0.2) is 0 Å². The molecule has 1 aliphatic rings. The third-order valence-electron chi connectivity index (χ3n) is 3.73. The quantitative estimate of drug-likeness (QED) is 0.907. The van der Waals surface area contributed by atoms with Crippen molar-refractivity contribution in [1.29, 1.82) is 0 Å². The van der Waals surface area contributed by atoms with E-state index in [2.05, 4.69) is 11.8 Å². The molecule has 1 saturated heterocycles. The molecule has 1 heterocycles. The molecule has 0 radical (unpaired) electrons. The van der Waals surface area contributed by atoms with Gasteiger partial charge in [-0.05, 0) is 31.0 Å². The summed E-state index contributed by atoms with van der Waals surface area (Å²) in [5.74, 6) is 1.08. The van der Waals surface area contributed by atoms with E-state index in [0.717, 1.165) is 19.5 Å². The predicted molar refractivity (Wildman–Crippen MR) is 78.2 cm³/mol. The highest BCUT2D eigenvalue weighted by Gasteiger charge is 2.30. The van der Waals surface area contributed by atoms with Crippen molar-refractivity contribution in [3.63, 3.8) is 0 Å². The van der Waals surface area contributed by atoms with Crippen LogP contribution < -0.4 is 4.74 Å². The van der Waals surface area contributed by atoms with E-state index >= 15 is 0 Å². The summed E-state index contributed by atoms with van der Waals surface area (Å²) in [5.41, 5.74) is 0. The van der Waals surface area contributed by atoms with Gasteiger partial charge in [-0.1, -0.05) is 36.2 Å². The number of para-hydroxylation sites is 1. The molecule has 2 rings (SSSR count). The van der Waals surface area contributed by atoms with Crippen LogP contribution in [0.3, 0.4) is 0 Å². The van der Waals surface area contributed by atoms with Gasteiger partial charge in [-0.15, -0.1) is 0 Å². The Bertz CT molecular complexity index is 408. The summed E-state index contributed by atoms with van der Waals surface area (Å²) in [7, 11) is 0. The van der Waals surface area contributed by atoms with Crippen molar-refractivity contribution in [2.24, 2.45) is 5.92 Å². The molecule has 2 atom stereocenters. The number of likely N-dealkylation sites (tertiary alicyclic amines) is 1. The molecule has 0 aromatic heterocycles. The van der Waals surface area contributed by atoms with Crippen molar-refractivity contribution in [3.8, 4) is 5.75 Å². The zero-order valence-corrected chi connectivity index (χ0v) is 12.5. The van der Waals surface area contributed by atoms with Crippen molar-refractivity contribution in [2.45, 2.75) is 19.4 Å². The molecule has 1 aromatic rings. The van der Waals surface area contributed by atoms with E-state index in [0.29, 0.717) is 28.3 Å². The number of halogens is 2. The molecule has 0 aliphatic carbocycles. The molecular formula is C14H19Cl2NO2. The van der Waals surface area contributed by atoms with E-state index < -0.39 is 0 Å². The molecule has 0 spiro atoms. The van der Waals surface area contributed by atoms with E-state index in [-0.39, 0.29) is 12.6 Å². The van der Waals surface area contributed by atoms with Crippen molar-refractivity contribution in [3.05, 3.63) is 28.2 Å². The first-order valence-corrected chi connectivity index (χ1v) is 7.30. The molecule has 1 N–H and O–H groups in total. The Labute approximate surface area is 124 Å². The van der Waals surface area contributed by atoms with Gasteiger partial charge in [0.1, 0.15) is 6.61 Å². The van der Waals surface area contributed by atoms with Crippen molar-refractivity contribution in [2.75, 3.05) is 26.3 Å². The first kappa shape index (κ1) is 14.9. The van der Waals surface area contributed by atoms with Crippen LogP contribution in [0, 0.1) is 5.92 Å². The molecule has 0 amide bonds. The Morgan fingerprint density at radius 3 is 2.68 bits per heavy atom. The van der Waals surface area contributed by atoms with Crippen LogP contribution in [0.25, 0.3) is 0 Å². The van der Waals surface area contributed by atoms with Crippen LogP contribution in [-0.4, -0.2) is 42.4 Å². The van der Waals surface area contributed by atoms with Gasteiger partial charge in [0.2, 0.25) is 0 Å². The Hall–Kier alpha value is -0.480. The van der Waals surface area contributed by atoms with Crippen LogP contribution in [0.15, 0.2) is 18.2 Å². The maximum atomic E-state index is 9.39. The monoisotopic (exact) mass is 303 g/mol. The van der Waals surface area contributed by atoms with E-state index in [1.807, 2.05) is 0 Å². The molecule has 0 saturated carbocycles. The molecule has 1 aliphatic heterocycles. The Balaban J connectivity index is 1.87. The number of aliphatic hydroxyl groups is 1. The van der Waals surface area contributed by atoms with Gasteiger partial charge in [-0.3, -0.25) is 4.90 Å². The van der Waals surface area contributed by atoms with Gasteiger partial charge in [0.15, 0.2) is 5.75 Å². The van der Waals surface area contributed by atoms with Gasteiger partial charge < -0.3 is 9.84 Å². The first-order chi connectivity index (χ1) is 9.13. The van der Waals surface area contributed by atoms with E-state index in [1.54, 1.807) is 18.2 Å². The molecule has 106 valence electrons. The van der Waals surface area contributed by atoms with Gasteiger partial charge >= 0.3 is 0 Å². The Kier molecular flexibility index (Phi) is 5.34. The molecule has 2 unspecified atom stereocenters. The lowest BCUT2D eigenvalue weighted by Crippen LogP contribution is -2.37. The highest BCUT2D eigenvalue weighted by atomic mass is 35.5. The second kappa shape index (κ2) is 6.80. The Morgan fingerprint density at radius 2 is 2.05 bits per heavy atom. The summed E-state index contributed by atoms with van der Waals surface area (Å²) in [6.07, 6.45) is 1.12. The fourth-order valence-corrected chi connectivity index (χ4v) is 3.05. The lowest BCUT2D eigenvalue weighted by Gasteiger charge is -2.25. The summed E-state index contributed by atoms with van der Waals surface area (Å²) < 4.78 is 5.67. The van der Waals surface area contributed by atoms with Crippen LogP contribution in [-0.2, 0) is 0 Å². The smallest absolute Gasteiger partial charge is 0.156 e. The third-order valence-corrected chi connectivity index (χ3v) is 4.32. The fraction of sp³-hybridized carbons (Fsp3) is 0.571. The van der Waals surface area contributed by atoms with Gasteiger partial charge in [0.25, 0.3) is 0 Å². The Morgan fingerprint density at radius 1 is 1.37 bits per heavy atom. The van der Waals surface area contributed by atoms with Crippen LogP contribution in [0.4, 0.5) is 0 Å². The van der Waals surface area contributed by atoms with E-state index in [9.17, 15) is 5.11 Å². The maximum absolute atomic E-state index is 9.39. The molecule has 19 heavy (non-hydrogen) atoms. The number of rotatable bonds is 5. The van der Waals surface area contributed by atoms with Crippen LogP contribution in [0.1, 0.15) is 13.3 Å². The number of hydrogen-bond donors (Lipinski definition) is 1. The molecular weight excluding hydrogens is 285 g/mol. The standard InChI is InChI=1S/C14H19Cl2NO2/c1-10-5-6-17(13(10)9-18)7-8-19-14-11(15)3-2-4-12(14)16/h2-4,10,13,18H,5-9H2,1H3.